The van der Waals surface area contributed by atoms with Crippen LogP contribution in [0.5, 0.6) is 0 Å². The summed E-state index contributed by atoms with van der Waals surface area (Å²) >= 11 is 0. The molecule has 0 aliphatic rings. The largest absolute Gasteiger partial charge is 2.00 e. The molecule has 0 aromatic carbocycles. The topological polar surface area (TPSA) is 12.4 Å². The zero-order valence-corrected chi connectivity index (χ0v) is 16.6. The summed E-state index contributed by atoms with van der Waals surface area (Å²) in [6, 6.07) is 0. The van der Waals surface area contributed by atoms with E-state index in [1.165, 1.54) is 64.2 Å². The van der Waals surface area contributed by atoms with Crippen LogP contribution < -0.4 is 0 Å². The molecule has 19 heavy (non-hydrogen) atoms. The average Bonchev–Trinajstić information content (AvgIpc) is 2.40. The van der Waals surface area contributed by atoms with Gasteiger partial charge in [-0.1, -0.05) is 84.5 Å². The summed E-state index contributed by atoms with van der Waals surface area (Å²) in [5.74, 6) is 0. The standard InChI is InChI=1S/C9H18N.C8H17.Zn/c1-3-4-5-6-7-8-9-10-2;1-3-5-7-8-6-4-2;/h9H,2-8H2,1H3;1,3-8H2,2H3;/q2*-1;+2. The Labute approximate surface area is 135 Å². The molecule has 0 bridgehead atoms. The predicted octanol–water partition coefficient (Wildman–Crippen LogP) is 6.39. The van der Waals surface area contributed by atoms with Crippen molar-refractivity contribution in [1.29, 1.82) is 0 Å². The molecule has 0 heterocycles. The van der Waals surface area contributed by atoms with Crippen LogP contribution in [0.25, 0.3) is 0 Å². The molecule has 0 fully saturated rings. The van der Waals surface area contributed by atoms with Crippen LogP contribution in [0.3, 0.4) is 0 Å². The van der Waals surface area contributed by atoms with Crippen molar-refractivity contribution in [3.63, 3.8) is 0 Å². The summed E-state index contributed by atoms with van der Waals surface area (Å²) in [7, 11) is 0. The minimum Gasteiger partial charge on any atom is -0.461 e. The molecule has 0 aliphatic heterocycles. The molecule has 0 aliphatic carbocycles. The maximum Gasteiger partial charge on any atom is 2.00 e. The molecule has 1 nitrogen and oxygen atoms in total. The molecule has 0 atom stereocenters. The maximum atomic E-state index is 3.78. The van der Waals surface area contributed by atoms with Crippen molar-refractivity contribution in [2.45, 2.75) is 90.9 Å². The van der Waals surface area contributed by atoms with Gasteiger partial charge in [-0.3, -0.25) is 0 Å². The van der Waals surface area contributed by atoms with Gasteiger partial charge in [-0.05, 0) is 0 Å². The van der Waals surface area contributed by atoms with Gasteiger partial charge >= 0.3 is 19.5 Å². The number of hydrogen-bond acceptors (Lipinski definition) is 1. The van der Waals surface area contributed by atoms with Gasteiger partial charge in [-0.25, -0.2) is 0 Å². The predicted molar refractivity (Wildman–Crippen MR) is 86.0 cm³/mol. The molecule has 2 heteroatoms. The van der Waals surface area contributed by atoms with Crippen LogP contribution in [0.2, 0.25) is 0 Å². The monoisotopic (exact) mass is 317 g/mol. The number of hydrogen-bond donors (Lipinski definition) is 0. The molecule has 0 rings (SSSR count). The summed E-state index contributed by atoms with van der Waals surface area (Å²) in [5.41, 5.74) is 0. The van der Waals surface area contributed by atoms with E-state index in [0.717, 1.165) is 12.8 Å². The van der Waals surface area contributed by atoms with Crippen molar-refractivity contribution in [1.82, 2.24) is 0 Å². The Bertz CT molecular complexity index is 131. The van der Waals surface area contributed by atoms with Crippen molar-refractivity contribution in [3.05, 3.63) is 13.5 Å². The van der Waals surface area contributed by atoms with E-state index in [-0.39, 0.29) is 19.5 Å². The Morgan fingerprint density at radius 1 is 0.842 bits per heavy atom. The van der Waals surface area contributed by atoms with Gasteiger partial charge in [-0.2, -0.15) is 13.1 Å². The summed E-state index contributed by atoms with van der Waals surface area (Å²) in [6.45, 7) is 13.5. The minimum absolute atomic E-state index is 0. The molecular weight excluding hydrogens is 284 g/mol. The third-order valence-electron chi connectivity index (χ3n) is 2.92. The number of nitrogens with zero attached hydrogens (tertiary/aromatic N) is 1. The van der Waals surface area contributed by atoms with Crippen LogP contribution >= 0.6 is 0 Å². The molecule has 0 aromatic heterocycles. The third-order valence-corrected chi connectivity index (χ3v) is 2.92. The Hall–Kier alpha value is 0.163. The quantitative estimate of drug-likeness (QED) is 0.171. The van der Waals surface area contributed by atoms with Gasteiger partial charge in [-0.15, -0.1) is 6.54 Å². The minimum atomic E-state index is 0. The second kappa shape index (κ2) is 26.7. The third kappa shape index (κ3) is 32.1. The molecule has 0 saturated carbocycles. The zero-order chi connectivity index (χ0) is 13.9. The first-order valence-corrected chi connectivity index (χ1v) is 7.90. The van der Waals surface area contributed by atoms with E-state index in [4.69, 9.17) is 0 Å². The first-order chi connectivity index (χ1) is 8.83. The molecule has 0 N–H and O–H groups in total. The van der Waals surface area contributed by atoms with Crippen LogP contribution in [0.4, 0.5) is 0 Å². The van der Waals surface area contributed by atoms with Crippen molar-refractivity contribution in [3.8, 4) is 0 Å². The molecule has 0 aromatic rings. The summed E-state index contributed by atoms with van der Waals surface area (Å²) in [5, 5.41) is 0. The van der Waals surface area contributed by atoms with Gasteiger partial charge < -0.3 is 11.9 Å². The second-order valence-electron chi connectivity index (χ2n) is 4.84. The van der Waals surface area contributed by atoms with Crippen LogP contribution in [0.15, 0.2) is 4.99 Å². The summed E-state index contributed by atoms with van der Waals surface area (Å²) in [6.07, 6.45) is 15.8. The van der Waals surface area contributed by atoms with Crippen molar-refractivity contribution in [2.24, 2.45) is 4.99 Å². The van der Waals surface area contributed by atoms with Gasteiger partial charge in [0, 0.05) is 0 Å². The molecule has 0 unspecified atom stereocenters. The fourth-order valence-corrected chi connectivity index (χ4v) is 1.71. The first kappa shape index (κ1) is 24.2. The van der Waals surface area contributed by atoms with Crippen molar-refractivity contribution < 1.29 is 19.5 Å². The van der Waals surface area contributed by atoms with E-state index in [1.807, 2.05) is 6.54 Å². The number of aliphatic imine (C=N–C) groups is 1. The van der Waals surface area contributed by atoms with Gasteiger partial charge in [0.1, 0.15) is 0 Å². The van der Waals surface area contributed by atoms with E-state index in [2.05, 4.69) is 32.5 Å². The van der Waals surface area contributed by atoms with Crippen LogP contribution in [0.1, 0.15) is 90.9 Å². The number of unbranched alkanes of at least 4 members (excludes halogenated alkanes) is 10. The average molecular weight is 319 g/mol. The Balaban J connectivity index is -0.000000262. The molecule has 0 amide bonds. The Morgan fingerprint density at radius 2 is 1.32 bits per heavy atom. The fourth-order valence-electron chi connectivity index (χ4n) is 1.71. The molecular formula is C17H35NZn. The van der Waals surface area contributed by atoms with Gasteiger partial charge in [0.25, 0.3) is 0 Å². The fraction of sp³-hybridized carbons (Fsp3) is 0.824. The van der Waals surface area contributed by atoms with Crippen molar-refractivity contribution in [2.75, 3.05) is 0 Å². The second-order valence-corrected chi connectivity index (χ2v) is 4.84. The SMILES string of the molecule is C=N[CH-]CCCCCCC.[CH2-]CCCCCCC.[Zn+2]. The Morgan fingerprint density at radius 3 is 1.74 bits per heavy atom. The van der Waals surface area contributed by atoms with E-state index in [0.29, 0.717) is 0 Å². The first-order valence-electron chi connectivity index (χ1n) is 7.90. The normalized spacial score (nSPS) is 9.00. The smallest absolute Gasteiger partial charge is 0.461 e. The maximum absolute atomic E-state index is 3.78. The molecule has 110 valence electrons. The van der Waals surface area contributed by atoms with Crippen LogP contribution in [-0.4, -0.2) is 6.72 Å². The van der Waals surface area contributed by atoms with Gasteiger partial charge in [0.2, 0.25) is 0 Å². The number of rotatable bonds is 12. The summed E-state index contributed by atoms with van der Waals surface area (Å²) < 4.78 is 0. The van der Waals surface area contributed by atoms with Crippen LogP contribution in [-0.2, 0) is 19.5 Å². The van der Waals surface area contributed by atoms with E-state index < -0.39 is 0 Å². The molecule has 0 radical (unpaired) electrons. The van der Waals surface area contributed by atoms with Crippen molar-refractivity contribution >= 4 is 6.72 Å². The van der Waals surface area contributed by atoms with Crippen LogP contribution in [0, 0.1) is 13.5 Å². The van der Waals surface area contributed by atoms with E-state index in [9.17, 15) is 0 Å². The van der Waals surface area contributed by atoms with Gasteiger partial charge in [0.05, 0.1) is 0 Å². The van der Waals surface area contributed by atoms with E-state index in [1.54, 1.807) is 0 Å². The van der Waals surface area contributed by atoms with Gasteiger partial charge in [0.15, 0.2) is 0 Å². The Kier molecular flexibility index (Phi) is 34.0. The summed E-state index contributed by atoms with van der Waals surface area (Å²) in [4.78, 5) is 3.68. The molecule has 0 spiro atoms. The zero-order valence-electron chi connectivity index (χ0n) is 13.6. The van der Waals surface area contributed by atoms with E-state index >= 15 is 0 Å². The molecule has 0 saturated heterocycles.